The van der Waals surface area contributed by atoms with Crippen molar-refractivity contribution in [2.45, 2.75) is 25.5 Å². The molecule has 2 aliphatic rings. The molecule has 1 fully saturated rings. The number of allylic oxidation sites excluding steroid dienone is 1. The highest BCUT2D eigenvalue weighted by molar-refractivity contribution is 6.30. The van der Waals surface area contributed by atoms with E-state index in [-0.39, 0.29) is 0 Å². The smallest absolute Gasteiger partial charge is 0.336 e. The SMILES string of the molecule is COC(=O)C1=C(C)N2CCOC2(C)C(C(=O)OC)C1c1cccc(Cl)c1. The molecule has 3 rings (SSSR count). The van der Waals surface area contributed by atoms with E-state index < -0.39 is 29.5 Å². The summed E-state index contributed by atoms with van der Waals surface area (Å²) < 4.78 is 16.1. The summed E-state index contributed by atoms with van der Waals surface area (Å²) in [5, 5.41) is 0.521. The number of fused-ring (bicyclic) bond motifs is 1. The molecule has 6 nitrogen and oxygen atoms in total. The first-order chi connectivity index (χ1) is 12.3. The summed E-state index contributed by atoms with van der Waals surface area (Å²) in [7, 11) is 2.67. The Morgan fingerprint density at radius 3 is 2.65 bits per heavy atom. The first kappa shape index (κ1) is 18.7. The average molecular weight is 380 g/mol. The summed E-state index contributed by atoms with van der Waals surface area (Å²) in [4.78, 5) is 27.4. The maximum absolute atomic E-state index is 12.8. The van der Waals surface area contributed by atoms with E-state index in [1.54, 1.807) is 18.2 Å². The third kappa shape index (κ3) is 2.77. The van der Waals surface area contributed by atoms with Gasteiger partial charge in [0.1, 0.15) is 5.92 Å². The Morgan fingerprint density at radius 2 is 2.04 bits per heavy atom. The molecule has 140 valence electrons. The van der Waals surface area contributed by atoms with Gasteiger partial charge < -0.3 is 19.1 Å². The number of methoxy groups -OCH3 is 2. The number of rotatable bonds is 3. The van der Waals surface area contributed by atoms with Crippen molar-refractivity contribution in [3.05, 3.63) is 46.1 Å². The van der Waals surface area contributed by atoms with Crippen molar-refractivity contribution in [1.29, 1.82) is 0 Å². The van der Waals surface area contributed by atoms with Crippen LogP contribution in [0.15, 0.2) is 35.5 Å². The number of benzene rings is 1. The van der Waals surface area contributed by atoms with Gasteiger partial charge in [-0.05, 0) is 31.5 Å². The van der Waals surface area contributed by atoms with Crippen LogP contribution in [0.4, 0.5) is 0 Å². The van der Waals surface area contributed by atoms with Crippen molar-refractivity contribution in [2.24, 2.45) is 5.92 Å². The predicted octanol–water partition coefficient (Wildman–Crippen LogP) is 2.72. The van der Waals surface area contributed by atoms with Crippen LogP contribution < -0.4 is 0 Å². The zero-order valence-electron chi connectivity index (χ0n) is 15.2. The summed E-state index contributed by atoms with van der Waals surface area (Å²) in [5.41, 5.74) is 0.987. The van der Waals surface area contributed by atoms with E-state index in [9.17, 15) is 9.59 Å². The van der Waals surface area contributed by atoms with Gasteiger partial charge >= 0.3 is 11.9 Å². The lowest BCUT2D eigenvalue weighted by molar-refractivity contribution is -0.171. The highest BCUT2D eigenvalue weighted by atomic mass is 35.5. The Morgan fingerprint density at radius 1 is 1.31 bits per heavy atom. The molecule has 0 bridgehead atoms. The molecule has 26 heavy (non-hydrogen) atoms. The number of hydrogen-bond acceptors (Lipinski definition) is 6. The molecule has 1 saturated heterocycles. The quantitative estimate of drug-likeness (QED) is 0.752. The third-order valence-corrected chi connectivity index (χ3v) is 5.56. The molecular formula is C19H22ClNO5. The van der Waals surface area contributed by atoms with Crippen LogP contribution in [0.5, 0.6) is 0 Å². The molecule has 3 unspecified atom stereocenters. The monoisotopic (exact) mass is 379 g/mol. The zero-order valence-corrected chi connectivity index (χ0v) is 16.0. The van der Waals surface area contributed by atoms with E-state index in [0.29, 0.717) is 23.7 Å². The van der Waals surface area contributed by atoms with E-state index in [1.807, 2.05) is 24.8 Å². The van der Waals surface area contributed by atoms with Crippen LogP contribution >= 0.6 is 11.6 Å². The lowest BCUT2D eigenvalue weighted by atomic mass is 9.71. The number of esters is 2. The lowest BCUT2D eigenvalue weighted by Gasteiger charge is -2.48. The number of carbonyl (C=O) groups excluding carboxylic acids is 2. The van der Waals surface area contributed by atoms with Crippen molar-refractivity contribution < 1.29 is 23.8 Å². The second-order valence-electron chi connectivity index (χ2n) is 6.58. The molecular weight excluding hydrogens is 358 g/mol. The van der Waals surface area contributed by atoms with Gasteiger partial charge in [0.15, 0.2) is 5.72 Å². The van der Waals surface area contributed by atoms with Crippen LogP contribution in [0.25, 0.3) is 0 Å². The number of nitrogens with zero attached hydrogens (tertiary/aromatic N) is 1. The van der Waals surface area contributed by atoms with Crippen molar-refractivity contribution in [1.82, 2.24) is 4.90 Å². The Kier molecular flexibility index (Phi) is 4.99. The minimum absolute atomic E-state index is 0.424. The highest BCUT2D eigenvalue weighted by Gasteiger charge is 2.58. The largest absolute Gasteiger partial charge is 0.469 e. The number of halogens is 1. The van der Waals surface area contributed by atoms with Crippen molar-refractivity contribution in [3.8, 4) is 0 Å². The summed E-state index contributed by atoms with van der Waals surface area (Å²) >= 11 is 6.18. The molecule has 0 radical (unpaired) electrons. The molecule has 0 spiro atoms. The Labute approximate surface area is 157 Å². The van der Waals surface area contributed by atoms with Crippen LogP contribution in [0, 0.1) is 5.92 Å². The summed E-state index contributed by atoms with van der Waals surface area (Å²) in [6.45, 7) is 4.75. The average Bonchev–Trinajstić information content (AvgIpc) is 3.03. The van der Waals surface area contributed by atoms with Gasteiger partial charge in [-0.25, -0.2) is 4.79 Å². The molecule has 0 aliphatic carbocycles. The Bertz CT molecular complexity index is 777. The third-order valence-electron chi connectivity index (χ3n) is 5.33. The molecule has 0 N–H and O–H groups in total. The molecule has 1 aromatic rings. The normalized spacial score (nSPS) is 28.0. The van der Waals surface area contributed by atoms with E-state index >= 15 is 0 Å². The van der Waals surface area contributed by atoms with Gasteiger partial charge in [-0.15, -0.1) is 0 Å². The Balaban J connectivity index is 2.28. The van der Waals surface area contributed by atoms with E-state index in [4.69, 9.17) is 25.8 Å². The van der Waals surface area contributed by atoms with Crippen LogP contribution in [0.2, 0.25) is 5.02 Å². The predicted molar refractivity (Wildman–Crippen MR) is 95.5 cm³/mol. The molecule has 7 heteroatoms. The van der Waals surface area contributed by atoms with Gasteiger partial charge in [-0.1, -0.05) is 23.7 Å². The Hall–Kier alpha value is -2.05. The van der Waals surface area contributed by atoms with E-state index in [2.05, 4.69) is 0 Å². The number of carbonyl (C=O) groups is 2. The fourth-order valence-corrected chi connectivity index (χ4v) is 4.37. The van der Waals surface area contributed by atoms with Gasteiger partial charge in [0.05, 0.1) is 26.4 Å². The molecule has 1 aromatic carbocycles. The first-order valence-corrected chi connectivity index (χ1v) is 8.77. The highest BCUT2D eigenvalue weighted by Crippen LogP contribution is 2.51. The second kappa shape index (κ2) is 6.93. The van der Waals surface area contributed by atoms with Gasteiger partial charge in [0.2, 0.25) is 0 Å². The van der Waals surface area contributed by atoms with E-state index in [1.165, 1.54) is 14.2 Å². The van der Waals surface area contributed by atoms with Gasteiger partial charge in [-0.2, -0.15) is 0 Å². The van der Waals surface area contributed by atoms with Crippen LogP contribution in [-0.4, -0.2) is 49.9 Å². The lowest BCUT2D eigenvalue weighted by Crippen LogP contribution is -2.57. The standard InChI is InChI=1S/C19H22ClNO5/c1-11-14(17(22)24-3)15(12-6-5-7-13(20)10-12)16(18(23)25-4)19(2)21(11)8-9-26-19/h5-7,10,15-16H,8-9H2,1-4H3. The maximum atomic E-state index is 12.8. The van der Waals surface area contributed by atoms with Gasteiger partial charge in [0.25, 0.3) is 0 Å². The van der Waals surface area contributed by atoms with Gasteiger partial charge in [-0.3, -0.25) is 4.79 Å². The molecule has 0 saturated carbocycles. The summed E-state index contributed by atoms with van der Waals surface area (Å²) in [5.74, 6) is -2.26. The summed E-state index contributed by atoms with van der Waals surface area (Å²) in [6, 6.07) is 7.14. The van der Waals surface area contributed by atoms with Crippen LogP contribution in [0.1, 0.15) is 25.3 Å². The van der Waals surface area contributed by atoms with Crippen molar-refractivity contribution in [2.75, 3.05) is 27.4 Å². The molecule has 2 heterocycles. The topological polar surface area (TPSA) is 65.1 Å². The fraction of sp³-hybridized carbons (Fsp3) is 0.474. The summed E-state index contributed by atoms with van der Waals surface area (Å²) in [6.07, 6.45) is 0. The first-order valence-electron chi connectivity index (χ1n) is 8.39. The fourth-order valence-electron chi connectivity index (χ4n) is 4.17. The van der Waals surface area contributed by atoms with Gasteiger partial charge in [0, 0.05) is 23.2 Å². The number of hydrogen-bond donors (Lipinski definition) is 0. The van der Waals surface area contributed by atoms with Crippen LogP contribution in [0.3, 0.4) is 0 Å². The minimum Gasteiger partial charge on any atom is -0.469 e. The zero-order chi connectivity index (χ0) is 19.1. The number of ether oxygens (including phenoxy) is 3. The maximum Gasteiger partial charge on any atom is 0.336 e. The van der Waals surface area contributed by atoms with E-state index in [0.717, 1.165) is 11.3 Å². The minimum atomic E-state index is -0.915. The van der Waals surface area contributed by atoms with Crippen LogP contribution in [-0.2, 0) is 23.8 Å². The second-order valence-corrected chi connectivity index (χ2v) is 7.02. The van der Waals surface area contributed by atoms with Crippen molar-refractivity contribution >= 4 is 23.5 Å². The van der Waals surface area contributed by atoms with Crippen molar-refractivity contribution in [3.63, 3.8) is 0 Å². The molecule has 0 amide bonds. The molecule has 0 aromatic heterocycles. The molecule has 3 atom stereocenters. The molecule has 2 aliphatic heterocycles.